The van der Waals surface area contributed by atoms with E-state index in [1.165, 1.54) is 12.1 Å². The Balaban J connectivity index is 0.000000234. The van der Waals surface area contributed by atoms with Gasteiger partial charge in [-0.15, -0.1) is 0 Å². The third-order valence-corrected chi connectivity index (χ3v) is 6.32. The average Bonchev–Trinajstić information content (AvgIpc) is 2.96. The number of hydrogen-bond acceptors (Lipinski definition) is 6. The van der Waals surface area contributed by atoms with Gasteiger partial charge in [0.15, 0.2) is 0 Å². The zero-order valence-electron chi connectivity index (χ0n) is 16.7. The second-order valence-electron chi connectivity index (χ2n) is 6.32. The van der Waals surface area contributed by atoms with Crippen LogP contribution in [0.2, 0.25) is 0 Å². The largest absolute Gasteiger partial charge is 0.744 e. The Labute approximate surface area is 171 Å². The maximum absolute atomic E-state index is 11.5. The van der Waals surface area contributed by atoms with Gasteiger partial charge in [0.1, 0.15) is 16.7 Å². The number of nitrogens with one attached hydrogen (secondary N) is 1. The van der Waals surface area contributed by atoms with E-state index in [0.29, 0.717) is 5.69 Å². The normalized spacial score (nSPS) is 11.8. The standard InChI is InChI=1S/C12H17N2O3S.C7H8O3S/c1-4-14-9(3)17-12-7-6-10(8-11(12)14)13-18(15,16)5-2;1-6-2-4-7(5-3-6)11(8,9)10/h6-8,13H,4-5H2,1-3H3;2-5H,1H3,(H,8,9,10)/q+1;/p-1. The van der Waals surface area contributed by atoms with Gasteiger partial charge in [-0.05, 0) is 45.0 Å². The van der Waals surface area contributed by atoms with E-state index in [2.05, 4.69) is 4.72 Å². The smallest absolute Gasteiger partial charge is 0.344 e. The number of sulfonamides is 1. The predicted molar refractivity (Wildman–Crippen MR) is 109 cm³/mol. The molecule has 0 aliphatic rings. The molecule has 158 valence electrons. The quantitative estimate of drug-likeness (QED) is 0.481. The van der Waals surface area contributed by atoms with Crippen molar-refractivity contribution in [1.82, 2.24) is 0 Å². The van der Waals surface area contributed by atoms with Gasteiger partial charge >= 0.3 is 5.89 Å². The minimum absolute atomic E-state index is 0.0588. The molecule has 0 aliphatic heterocycles. The van der Waals surface area contributed by atoms with Crippen LogP contribution in [0.4, 0.5) is 5.69 Å². The first-order chi connectivity index (χ1) is 13.5. The van der Waals surface area contributed by atoms with Gasteiger partial charge in [-0.3, -0.25) is 4.72 Å². The summed E-state index contributed by atoms with van der Waals surface area (Å²) in [6.07, 6.45) is 0. The van der Waals surface area contributed by atoms with E-state index in [9.17, 15) is 21.4 Å². The van der Waals surface area contributed by atoms with E-state index in [0.717, 1.165) is 29.1 Å². The summed E-state index contributed by atoms with van der Waals surface area (Å²) >= 11 is 0. The molecule has 0 spiro atoms. The number of fused-ring (bicyclic) bond motifs is 1. The summed E-state index contributed by atoms with van der Waals surface area (Å²) in [6, 6.07) is 11.1. The Hall–Kier alpha value is -2.43. The van der Waals surface area contributed by atoms with Crippen LogP contribution in [0.15, 0.2) is 51.8 Å². The molecule has 0 unspecified atom stereocenters. The third kappa shape index (κ3) is 6.02. The Kier molecular flexibility index (Phi) is 7.04. The topological polar surface area (TPSA) is 120 Å². The van der Waals surface area contributed by atoms with Gasteiger partial charge in [-0.2, -0.15) is 4.57 Å². The Morgan fingerprint density at radius 1 is 1.00 bits per heavy atom. The molecule has 1 N–H and O–H groups in total. The minimum Gasteiger partial charge on any atom is -0.744 e. The van der Waals surface area contributed by atoms with Crippen LogP contribution >= 0.6 is 0 Å². The molecule has 1 aromatic heterocycles. The fourth-order valence-electron chi connectivity index (χ4n) is 2.61. The molecule has 3 aromatic rings. The fourth-order valence-corrected chi connectivity index (χ4v) is 3.71. The van der Waals surface area contributed by atoms with Gasteiger partial charge in [-0.1, -0.05) is 17.7 Å². The highest BCUT2D eigenvalue weighted by atomic mass is 32.2. The Bertz CT molecular complexity index is 1200. The lowest BCUT2D eigenvalue weighted by Gasteiger charge is -2.05. The van der Waals surface area contributed by atoms with Crippen molar-refractivity contribution in [2.75, 3.05) is 10.5 Å². The molecule has 1 heterocycles. The van der Waals surface area contributed by atoms with Crippen LogP contribution in [-0.4, -0.2) is 27.1 Å². The van der Waals surface area contributed by atoms with Crippen molar-refractivity contribution in [3.63, 3.8) is 0 Å². The van der Waals surface area contributed by atoms with Crippen molar-refractivity contribution >= 4 is 36.9 Å². The van der Waals surface area contributed by atoms with Crippen molar-refractivity contribution in [1.29, 1.82) is 0 Å². The highest BCUT2D eigenvalue weighted by Gasteiger charge is 2.18. The van der Waals surface area contributed by atoms with E-state index < -0.39 is 20.1 Å². The number of oxazole rings is 1. The van der Waals surface area contributed by atoms with Crippen LogP contribution in [0.1, 0.15) is 25.3 Å². The molecule has 8 nitrogen and oxygen atoms in total. The molecule has 0 amide bonds. The van der Waals surface area contributed by atoms with Gasteiger partial charge in [0, 0.05) is 6.07 Å². The molecule has 0 bridgehead atoms. The molecule has 0 atom stereocenters. The highest BCUT2D eigenvalue weighted by Crippen LogP contribution is 2.19. The van der Waals surface area contributed by atoms with Crippen molar-refractivity contribution < 1.29 is 30.4 Å². The van der Waals surface area contributed by atoms with E-state index >= 15 is 0 Å². The zero-order valence-corrected chi connectivity index (χ0v) is 18.3. The number of nitrogens with zero attached hydrogens (tertiary/aromatic N) is 1. The number of anilines is 1. The molecule has 0 saturated carbocycles. The van der Waals surface area contributed by atoms with Crippen LogP contribution in [0, 0.1) is 13.8 Å². The molecule has 0 aliphatic carbocycles. The molecule has 10 heteroatoms. The monoisotopic (exact) mass is 440 g/mol. The first-order valence-corrected chi connectivity index (χ1v) is 12.0. The van der Waals surface area contributed by atoms with Crippen molar-refractivity contribution in [2.45, 2.75) is 39.1 Å². The SMILES string of the molecule is CC[n+]1c(C)oc2ccc(NS(=O)(=O)CC)cc21.Cc1ccc(S(=O)(=O)[O-])cc1. The van der Waals surface area contributed by atoms with Crippen molar-refractivity contribution in [3.8, 4) is 0 Å². The van der Waals surface area contributed by atoms with Gasteiger partial charge in [0.25, 0.3) is 5.52 Å². The van der Waals surface area contributed by atoms with Gasteiger partial charge in [-0.25, -0.2) is 16.8 Å². The third-order valence-electron chi connectivity index (χ3n) is 4.17. The number of aryl methyl sites for hydroxylation is 3. The number of benzene rings is 2. The summed E-state index contributed by atoms with van der Waals surface area (Å²) in [5.41, 5.74) is 3.14. The van der Waals surface area contributed by atoms with Crippen LogP contribution < -0.4 is 9.29 Å². The van der Waals surface area contributed by atoms with E-state index in [1.807, 2.05) is 25.3 Å². The summed E-state index contributed by atoms with van der Waals surface area (Å²) in [5.74, 6) is 0.867. The van der Waals surface area contributed by atoms with Gasteiger partial charge in [0.2, 0.25) is 15.6 Å². The number of hydrogen-bond donors (Lipinski definition) is 1. The Morgan fingerprint density at radius 2 is 1.62 bits per heavy atom. The summed E-state index contributed by atoms with van der Waals surface area (Å²) in [5, 5.41) is 0. The maximum atomic E-state index is 11.5. The average molecular weight is 441 g/mol. The molecule has 29 heavy (non-hydrogen) atoms. The number of rotatable bonds is 5. The van der Waals surface area contributed by atoms with Gasteiger partial charge in [0.05, 0.1) is 23.3 Å². The van der Waals surface area contributed by atoms with Crippen LogP contribution in [0.3, 0.4) is 0 Å². The molecule has 0 radical (unpaired) electrons. The highest BCUT2D eigenvalue weighted by molar-refractivity contribution is 7.92. The lowest BCUT2D eigenvalue weighted by Crippen LogP contribution is -2.33. The predicted octanol–water partition coefficient (Wildman–Crippen LogP) is 2.71. The van der Waals surface area contributed by atoms with Gasteiger partial charge < -0.3 is 8.97 Å². The summed E-state index contributed by atoms with van der Waals surface area (Å²) in [7, 11) is -7.51. The minimum atomic E-state index is -4.27. The first kappa shape index (κ1) is 22.9. The first-order valence-electron chi connectivity index (χ1n) is 8.93. The van der Waals surface area contributed by atoms with E-state index in [1.54, 1.807) is 37.3 Å². The van der Waals surface area contributed by atoms with Crippen LogP contribution in [0.25, 0.3) is 11.1 Å². The van der Waals surface area contributed by atoms with E-state index in [4.69, 9.17) is 4.42 Å². The molecular weight excluding hydrogens is 416 g/mol. The van der Waals surface area contributed by atoms with Crippen molar-refractivity contribution in [3.05, 3.63) is 53.9 Å². The second-order valence-corrected chi connectivity index (χ2v) is 9.71. The van der Waals surface area contributed by atoms with Crippen LogP contribution in [0.5, 0.6) is 0 Å². The van der Waals surface area contributed by atoms with Crippen molar-refractivity contribution in [2.24, 2.45) is 0 Å². The maximum Gasteiger partial charge on any atom is 0.344 e. The lowest BCUT2D eigenvalue weighted by molar-refractivity contribution is -0.679. The molecule has 3 rings (SSSR count). The van der Waals surface area contributed by atoms with E-state index in [-0.39, 0.29) is 10.6 Å². The molecule has 2 aromatic carbocycles. The van der Waals surface area contributed by atoms with Crippen LogP contribution in [-0.2, 0) is 26.7 Å². The number of aromatic nitrogens is 1. The second kappa shape index (κ2) is 8.93. The summed E-state index contributed by atoms with van der Waals surface area (Å²) in [4.78, 5) is -0.178. The zero-order chi connectivity index (χ0) is 21.8. The summed E-state index contributed by atoms with van der Waals surface area (Å²) in [6.45, 7) is 8.11. The summed E-state index contributed by atoms with van der Waals surface area (Å²) < 4.78 is 64.3. The molecule has 0 fully saturated rings. The molecular formula is C19H24N2O6S2. The Morgan fingerprint density at radius 3 is 2.14 bits per heavy atom. The molecule has 0 saturated heterocycles. The fraction of sp³-hybridized carbons (Fsp3) is 0.316. The lowest BCUT2D eigenvalue weighted by atomic mass is 10.2.